The van der Waals surface area contributed by atoms with Crippen LogP contribution in [0.25, 0.3) is 0 Å². The molecule has 0 saturated carbocycles. The molecule has 2 aromatic heterocycles. The lowest BCUT2D eigenvalue weighted by molar-refractivity contribution is -0.123. The van der Waals surface area contributed by atoms with Crippen LogP contribution in [0.3, 0.4) is 0 Å². The van der Waals surface area contributed by atoms with Crippen molar-refractivity contribution in [3.8, 4) is 11.5 Å². The molecule has 4 rings (SSSR count). The van der Waals surface area contributed by atoms with Gasteiger partial charge in [0.05, 0.1) is 29.1 Å². The second kappa shape index (κ2) is 27.2. The number of halogens is 7. The first-order chi connectivity index (χ1) is 27.2. The molecule has 0 radical (unpaired) electrons. The number of rotatable bonds is 18. The predicted molar refractivity (Wildman–Crippen MR) is 207 cm³/mol. The highest BCUT2D eigenvalue weighted by Gasteiger charge is 2.24. The van der Waals surface area contributed by atoms with E-state index in [4.69, 9.17) is 21.4 Å². The van der Waals surface area contributed by atoms with Gasteiger partial charge in [0.25, 0.3) is 11.8 Å². The Labute approximate surface area is 338 Å². The Balaban J connectivity index is 0.000000482. The van der Waals surface area contributed by atoms with Gasteiger partial charge in [-0.15, -0.1) is 11.6 Å². The molecule has 0 fully saturated rings. The average Bonchev–Trinajstić information content (AvgIpc) is 3.22. The van der Waals surface area contributed by atoms with Crippen molar-refractivity contribution in [2.45, 2.75) is 84.7 Å². The zero-order chi connectivity index (χ0) is 42.3. The maximum atomic E-state index is 13.7. The van der Waals surface area contributed by atoms with E-state index in [-0.39, 0.29) is 30.6 Å². The van der Waals surface area contributed by atoms with Crippen molar-refractivity contribution in [3.63, 3.8) is 0 Å². The standard InChI is InChI=1S/C20H21F3N2O3.C14H19ClN2O2.C6H3F3O.CH4/c1-2-3-4-7-16(25-20(27)13-6-5-10-24-11-13)17(26)12-28-19-15(22)9-8-14(21)18(19)23;1-2-3-4-7-12(13(18)9-15)17-14(19)11-6-5-8-16-10-11;7-3-1-2-4(8)6(10)5(3)9;/h5-6,8-11,16H,2-4,7,12H2,1H3,(H,25,27);5-6,8,10,12H,2-4,7,9H2,1H3,(H,17,19);1-2,10H;1H4/t16-;12-;;/m00../s1. The molecule has 0 saturated heterocycles. The summed E-state index contributed by atoms with van der Waals surface area (Å²) in [5, 5.41) is 13.7. The van der Waals surface area contributed by atoms with Crippen molar-refractivity contribution in [2.24, 2.45) is 0 Å². The third-order valence-corrected chi connectivity index (χ3v) is 8.20. The van der Waals surface area contributed by atoms with Crippen LogP contribution in [-0.2, 0) is 9.59 Å². The Kier molecular flexibility index (Phi) is 23.7. The first-order valence-electron chi connectivity index (χ1n) is 17.9. The van der Waals surface area contributed by atoms with Crippen LogP contribution >= 0.6 is 11.6 Å². The third kappa shape index (κ3) is 16.9. The molecule has 2 amide bonds. The van der Waals surface area contributed by atoms with E-state index >= 15 is 0 Å². The highest BCUT2D eigenvalue weighted by atomic mass is 35.5. The minimum atomic E-state index is -1.56. The Bertz CT molecular complexity index is 1870. The molecule has 316 valence electrons. The molecule has 58 heavy (non-hydrogen) atoms. The average molecular weight is 841 g/mol. The summed E-state index contributed by atoms with van der Waals surface area (Å²) in [4.78, 5) is 56.2. The third-order valence-electron chi connectivity index (χ3n) is 7.94. The Morgan fingerprint density at radius 2 is 1.12 bits per heavy atom. The second-order valence-electron chi connectivity index (χ2n) is 12.2. The lowest BCUT2D eigenvalue weighted by Gasteiger charge is -2.18. The smallest absolute Gasteiger partial charge is 0.253 e. The molecule has 0 aliphatic carbocycles. The minimum absolute atomic E-state index is 0. The van der Waals surface area contributed by atoms with Crippen LogP contribution in [0, 0.1) is 34.9 Å². The van der Waals surface area contributed by atoms with Crippen LogP contribution in [0.15, 0.2) is 73.3 Å². The highest BCUT2D eigenvalue weighted by molar-refractivity contribution is 6.28. The number of hydrogen-bond acceptors (Lipinski definition) is 8. The van der Waals surface area contributed by atoms with E-state index in [1.54, 1.807) is 30.5 Å². The number of carbonyl (C=O) groups excluding carboxylic acids is 4. The summed E-state index contributed by atoms with van der Waals surface area (Å²) in [6.07, 6.45) is 12.3. The van der Waals surface area contributed by atoms with Gasteiger partial charge in [-0.3, -0.25) is 29.1 Å². The van der Waals surface area contributed by atoms with E-state index in [0.29, 0.717) is 49.1 Å². The van der Waals surface area contributed by atoms with E-state index in [1.165, 1.54) is 18.6 Å². The summed E-state index contributed by atoms with van der Waals surface area (Å²) in [5.74, 6) is -11.7. The molecule has 4 aromatic rings. The lowest BCUT2D eigenvalue weighted by Crippen LogP contribution is -2.43. The number of alkyl halides is 1. The number of benzene rings is 2. The number of phenolic OH excluding ortho intramolecular Hbond substituents is 1. The van der Waals surface area contributed by atoms with E-state index in [9.17, 15) is 45.5 Å². The zero-order valence-electron chi connectivity index (χ0n) is 31.2. The number of Topliss-reactive ketones (excluding diaryl/α,β-unsaturated/α-hetero) is 2. The summed E-state index contributed by atoms with van der Waals surface area (Å²) >= 11 is 5.58. The molecular formula is C41H47ClF6N4O6. The number of pyridine rings is 2. The summed E-state index contributed by atoms with van der Waals surface area (Å²) in [5.41, 5.74) is 0.726. The molecule has 2 atom stereocenters. The van der Waals surface area contributed by atoms with Gasteiger partial charge in [-0.2, -0.15) is 8.78 Å². The number of phenols is 1. The number of carbonyl (C=O) groups is 4. The Hall–Kier alpha value is -5.51. The van der Waals surface area contributed by atoms with Crippen molar-refractivity contribution < 1.29 is 55.4 Å². The van der Waals surface area contributed by atoms with Crippen molar-refractivity contribution in [1.29, 1.82) is 0 Å². The first kappa shape index (κ1) is 50.5. The molecule has 17 heteroatoms. The summed E-state index contributed by atoms with van der Waals surface area (Å²) in [7, 11) is 0. The van der Waals surface area contributed by atoms with Gasteiger partial charge < -0.3 is 20.5 Å². The number of nitrogens with zero attached hydrogens (tertiary/aromatic N) is 2. The topological polar surface area (TPSA) is 148 Å². The fourth-order valence-corrected chi connectivity index (χ4v) is 4.98. The van der Waals surface area contributed by atoms with Gasteiger partial charge in [0.15, 0.2) is 46.3 Å². The molecule has 2 aromatic carbocycles. The normalized spacial score (nSPS) is 11.3. The first-order valence-corrected chi connectivity index (χ1v) is 18.4. The van der Waals surface area contributed by atoms with E-state index in [1.807, 2.05) is 6.92 Å². The number of nitrogens with one attached hydrogen (secondary N) is 2. The number of aromatic hydroxyl groups is 1. The monoisotopic (exact) mass is 840 g/mol. The molecular weight excluding hydrogens is 794 g/mol. The number of ether oxygens (including phenoxy) is 1. The Morgan fingerprint density at radius 3 is 1.55 bits per heavy atom. The van der Waals surface area contributed by atoms with Crippen LogP contribution < -0.4 is 15.4 Å². The van der Waals surface area contributed by atoms with Gasteiger partial charge in [0.2, 0.25) is 11.6 Å². The summed E-state index contributed by atoms with van der Waals surface area (Å²) < 4.78 is 81.7. The molecule has 0 aliphatic heterocycles. The number of ketones is 2. The fraction of sp³-hybridized carbons (Fsp3) is 0.366. The van der Waals surface area contributed by atoms with Gasteiger partial charge in [0, 0.05) is 24.8 Å². The molecule has 0 unspecified atom stereocenters. The van der Waals surface area contributed by atoms with Crippen molar-refractivity contribution in [1.82, 2.24) is 20.6 Å². The van der Waals surface area contributed by atoms with Gasteiger partial charge in [-0.1, -0.05) is 59.8 Å². The maximum absolute atomic E-state index is 13.7. The van der Waals surface area contributed by atoms with E-state index in [2.05, 4.69) is 27.5 Å². The maximum Gasteiger partial charge on any atom is 0.253 e. The molecule has 0 spiro atoms. The quantitative estimate of drug-likeness (QED) is 0.0390. The van der Waals surface area contributed by atoms with Crippen LogP contribution in [0.4, 0.5) is 26.3 Å². The van der Waals surface area contributed by atoms with Crippen LogP contribution in [-0.4, -0.2) is 63.0 Å². The SMILES string of the molecule is C.CCCCC[C@H](NC(=O)c1cccnc1)C(=O)CCl.CCCCC[C@H](NC(=O)c1cccnc1)C(=O)COc1c(F)ccc(F)c1F.Oc1c(F)ccc(F)c1F. The minimum Gasteiger partial charge on any atom is -0.503 e. The largest absolute Gasteiger partial charge is 0.503 e. The second-order valence-corrected chi connectivity index (χ2v) is 12.5. The van der Waals surface area contributed by atoms with Gasteiger partial charge >= 0.3 is 0 Å². The van der Waals surface area contributed by atoms with Gasteiger partial charge in [-0.25, -0.2) is 17.6 Å². The lowest BCUT2D eigenvalue weighted by atomic mass is 10.0. The van der Waals surface area contributed by atoms with Crippen molar-refractivity contribution in [2.75, 3.05) is 12.5 Å². The fourth-order valence-electron chi connectivity index (χ4n) is 4.80. The number of hydrogen-bond donors (Lipinski definition) is 3. The summed E-state index contributed by atoms with van der Waals surface area (Å²) in [6.45, 7) is 3.37. The van der Waals surface area contributed by atoms with Crippen molar-refractivity contribution >= 4 is 35.0 Å². The highest BCUT2D eigenvalue weighted by Crippen LogP contribution is 2.24. The molecule has 0 bridgehead atoms. The molecule has 2 heterocycles. The van der Waals surface area contributed by atoms with Crippen molar-refractivity contribution in [3.05, 3.63) is 119 Å². The van der Waals surface area contributed by atoms with E-state index in [0.717, 1.165) is 32.1 Å². The number of aromatic nitrogens is 2. The summed E-state index contributed by atoms with van der Waals surface area (Å²) in [6, 6.07) is 7.66. The predicted octanol–water partition coefficient (Wildman–Crippen LogP) is 8.84. The zero-order valence-corrected chi connectivity index (χ0v) is 31.9. The van der Waals surface area contributed by atoms with Crippen LogP contribution in [0.5, 0.6) is 11.5 Å². The van der Waals surface area contributed by atoms with Gasteiger partial charge in [-0.05, 0) is 61.4 Å². The Morgan fingerprint density at radius 1 is 0.672 bits per heavy atom. The molecule has 3 N–H and O–H groups in total. The van der Waals surface area contributed by atoms with Crippen LogP contribution in [0.2, 0.25) is 0 Å². The van der Waals surface area contributed by atoms with Gasteiger partial charge in [0.1, 0.15) is 6.61 Å². The number of unbranched alkanes of at least 4 members (excludes halogenated alkanes) is 4. The number of amides is 2. The van der Waals surface area contributed by atoms with E-state index < -0.39 is 76.8 Å². The molecule has 10 nitrogen and oxygen atoms in total. The van der Waals surface area contributed by atoms with Crippen LogP contribution in [0.1, 0.15) is 93.4 Å². The molecule has 0 aliphatic rings.